The van der Waals surface area contributed by atoms with Gasteiger partial charge in [0.25, 0.3) is 0 Å². The van der Waals surface area contributed by atoms with Gasteiger partial charge in [0, 0.05) is 28.2 Å². The summed E-state index contributed by atoms with van der Waals surface area (Å²) < 4.78 is 11.3. The van der Waals surface area contributed by atoms with Crippen molar-refractivity contribution in [3.05, 3.63) is 60.2 Å². The summed E-state index contributed by atoms with van der Waals surface area (Å²) >= 11 is 7.31. The molecule has 3 atom stereocenters. The van der Waals surface area contributed by atoms with Crippen LogP contribution < -0.4 is 9.63 Å². The van der Waals surface area contributed by atoms with Crippen LogP contribution in [-0.4, -0.2) is 63.8 Å². The standard InChI is InChI=1S/C27H38N3O2PS2/c1-28(2)27(34)35-26(33(31)29(3)24-17-8-9-18-25(24)30(33)4)19-11-13-21-12-10-16-23(20-21)32-22-14-6-5-7-15-22/h5-7,10,12,14-16,20,24-26H,8-9,11,13,17-19H2,1-4H3/t24-,25-,26-/m0/s1. The van der Waals surface area contributed by atoms with E-state index in [4.69, 9.17) is 17.0 Å². The summed E-state index contributed by atoms with van der Waals surface area (Å²) in [5.41, 5.74) is 1.23. The molecule has 1 aliphatic carbocycles. The van der Waals surface area contributed by atoms with E-state index in [2.05, 4.69) is 35.6 Å². The van der Waals surface area contributed by atoms with E-state index in [9.17, 15) is 4.89 Å². The number of para-hydroxylation sites is 1. The van der Waals surface area contributed by atoms with Crippen molar-refractivity contribution in [1.82, 2.24) is 14.2 Å². The first-order chi connectivity index (χ1) is 16.8. The number of hydrogen-bond donors (Lipinski definition) is 0. The van der Waals surface area contributed by atoms with Crippen LogP contribution in [0.15, 0.2) is 54.6 Å². The lowest BCUT2D eigenvalue weighted by Gasteiger charge is -2.43. The quantitative estimate of drug-likeness (QED) is 0.305. The highest BCUT2D eigenvalue weighted by atomic mass is 32.2. The Morgan fingerprint density at radius 2 is 1.69 bits per heavy atom. The molecule has 1 aliphatic heterocycles. The Morgan fingerprint density at radius 1 is 1.06 bits per heavy atom. The van der Waals surface area contributed by atoms with Gasteiger partial charge in [0.1, 0.15) is 28.6 Å². The van der Waals surface area contributed by atoms with Crippen LogP contribution in [0.1, 0.15) is 44.1 Å². The molecule has 0 spiro atoms. The first-order valence-corrected chi connectivity index (χ1v) is 15.5. The molecule has 0 amide bonds. The molecular formula is C27H38N3O2PS2. The fourth-order valence-electron chi connectivity index (χ4n) is 5.40. The number of ether oxygens (including phenoxy) is 1. The van der Waals surface area contributed by atoms with Crippen molar-refractivity contribution >= 4 is 36.1 Å². The molecule has 1 saturated carbocycles. The fourth-order valence-corrected chi connectivity index (χ4v) is 11.6. The van der Waals surface area contributed by atoms with E-state index in [0.29, 0.717) is 12.1 Å². The third kappa shape index (κ3) is 6.03. The van der Waals surface area contributed by atoms with Crippen LogP contribution in [0.4, 0.5) is 0 Å². The van der Waals surface area contributed by atoms with Gasteiger partial charge in [-0.3, -0.25) is 0 Å². The number of hydrogen-bond acceptors (Lipinski definition) is 6. The molecule has 190 valence electrons. The lowest BCUT2D eigenvalue weighted by atomic mass is 9.91. The largest absolute Gasteiger partial charge is 0.650 e. The molecule has 1 saturated heterocycles. The molecule has 4 rings (SSSR count). The maximum absolute atomic E-state index is 14.7. The Hall–Kier alpha value is -1.21. The number of thiocarbonyl (C=S) groups is 1. The molecule has 0 bridgehead atoms. The zero-order valence-corrected chi connectivity index (χ0v) is 23.8. The van der Waals surface area contributed by atoms with E-state index < -0.39 is 7.79 Å². The molecule has 8 heteroatoms. The number of benzene rings is 2. The normalized spacial score (nSPS) is 23.0. The topological polar surface area (TPSA) is 42.0 Å². The van der Waals surface area contributed by atoms with Gasteiger partial charge in [0.15, 0.2) is 0 Å². The smallest absolute Gasteiger partial charge is 0.148 e. The number of rotatable bonds is 8. The molecular weight excluding hydrogens is 493 g/mol. The lowest BCUT2D eigenvalue weighted by molar-refractivity contribution is -0.190. The number of aryl methyl sites for hydroxylation is 1. The molecule has 2 aliphatic rings. The molecule has 2 aromatic rings. The molecule has 2 fully saturated rings. The van der Waals surface area contributed by atoms with Crippen LogP contribution in [0, 0.1) is 0 Å². The summed E-state index contributed by atoms with van der Waals surface area (Å²) in [6.45, 7) is 0. The van der Waals surface area contributed by atoms with Gasteiger partial charge in [-0.2, -0.15) is 9.34 Å². The highest BCUT2D eigenvalue weighted by Gasteiger charge is 2.59. The molecule has 0 aromatic heterocycles. The Bertz CT molecular complexity index is 975. The van der Waals surface area contributed by atoms with Gasteiger partial charge < -0.3 is 14.5 Å². The van der Waals surface area contributed by atoms with E-state index in [1.165, 1.54) is 18.4 Å². The highest BCUT2D eigenvalue weighted by Crippen LogP contribution is 2.71. The third-order valence-corrected chi connectivity index (χ3v) is 13.6. The van der Waals surface area contributed by atoms with Crippen LogP contribution in [0.3, 0.4) is 0 Å². The van der Waals surface area contributed by atoms with E-state index >= 15 is 0 Å². The molecule has 0 unspecified atom stereocenters. The fraction of sp³-hybridized carbons (Fsp3) is 0.519. The second-order valence-corrected chi connectivity index (χ2v) is 15.1. The third-order valence-electron chi connectivity index (χ3n) is 7.33. The maximum atomic E-state index is 14.7. The molecule has 0 radical (unpaired) electrons. The van der Waals surface area contributed by atoms with Crippen molar-refractivity contribution in [3.8, 4) is 11.5 Å². The van der Waals surface area contributed by atoms with E-state index in [-0.39, 0.29) is 4.99 Å². The van der Waals surface area contributed by atoms with Crippen molar-refractivity contribution in [2.24, 2.45) is 0 Å². The summed E-state index contributed by atoms with van der Waals surface area (Å²) in [5.74, 6) is 1.69. The Morgan fingerprint density at radius 3 is 2.31 bits per heavy atom. The summed E-state index contributed by atoms with van der Waals surface area (Å²) in [6, 6.07) is 19.0. The second-order valence-electron chi connectivity index (χ2n) is 9.84. The van der Waals surface area contributed by atoms with Gasteiger partial charge in [-0.05, 0) is 73.7 Å². The average molecular weight is 532 g/mol. The van der Waals surface area contributed by atoms with Crippen molar-refractivity contribution in [1.29, 1.82) is 0 Å². The average Bonchev–Trinajstić information content (AvgIpc) is 3.06. The number of likely N-dealkylation sites (N-methyl/N-ethyl adjacent to an activating group) is 2. The summed E-state index contributed by atoms with van der Waals surface area (Å²) in [4.78, 5) is 16.7. The maximum Gasteiger partial charge on any atom is 0.148 e. The second kappa shape index (κ2) is 11.9. The molecule has 2 aromatic carbocycles. The van der Waals surface area contributed by atoms with Gasteiger partial charge >= 0.3 is 0 Å². The summed E-state index contributed by atoms with van der Waals surface area (Å²) in [5, 5.41) is 0. The zero-order valence-electron chi connectivity index (χ0n) is 21.3. The minimum atomic E-state index is -2.75. The molecule has 5 nitrogen and oxygen atoms in total. The summed E-state index contributed by atoms with van der Waals surface area (Å²) in [7, 11) is 5.38. The number of nitrogens with zero attached hydrogens (tertiary/aromatic N) is 3. The van der Waals surface area contributed by atoms with Gasteiger partial charge in [-0.1, -0.05) is 55.4 Å². The first kappa shape index (κ1) is 26.8. The first-order valence-electron chi connectivity index (χ1n) is 12.6. The molecule has 0 N–H and O–H groups in total. The van der Waals surface area contributed by atoms with Crippen LogP contribution >= 0.6 is 31.8 Å². The Kier molecular flexibility index (Phi) is 9.12. The van der Waals surface area contributed by atoms with E-state index in [0.717, 1.165) is 47.9 Å². The van der Waals surface area contributed by atoms with Gasteiger partial charge in [-0.25, -0.2) is 0 Å². The minimum Gasteiger partial charge on any atom is -0.650 e. The predicted octanol–water partition coefficient (Wildman–Crippen LogP) is 6.02. The van der Waals surface area contributed by atoms with Crippen molar-refractivity contribution < 1.29 is 9.63 Å². The predicted molar refractivity (Wildman–Crippen MR) is 152 cm³/mol. The Balaban J connectivity index is 1.46. The van der Waals surface area contributed by atoms with Crippen LogP contribution in [-0.2, 0) is 6.42 Å². The van der Waals surface area contributed by atoms with Crippen molar-refractivity contribution in [3.63, 3.8) is 0 Å². The monoisotopic (exact) mass is 531 g/mol. The highest BCUT2D eigenvalue weighted by molar-refractivity contribution is 8.26. The molecule has 35 heavy (non-hydrogen) atoms. The Labute approximate surface area is 221 Å². The summed E-state index contributed by atoms with van der Waals surface area (Å²) in [6.07, 6.45) is 7.46. The van der Waals surface area contributed by atoms with Crippen LogP contribution in [0.5, 0.6) is 11.5 Å². The lowest BCUT2D eigenvalue weighted by Crippen LogP contribution is -2.39. The van der Waals surface area contributed by atoms with Gasteiger partial charge in [0.2, 0.25) is 0 Å². The number of fused-ring (bicyclic) bond motifs is 1. The van der Waals surface area contributed by atoms with Gasteiger partial charge in [0.05, 0.1) is 12.1 Å². The number of thioether (sulfide) groups is 1. The minimum absolute atomic E-state index is 0.0400. The zero-order chi connectivity index (χ0) is 25.0. The van der Waals surface area contributed by atoms with Crippen LogP contribution in [0.2, 0.25) is 0 Å². The van der Waals surface area contributed by atoms with Crippen molar-refractivity contribution in [2.45, 2.75) is 62.0 Å². The SMILES string of the molecule is CN(C)C(=S)S[C@@H](CCCc1cccc(Oc2ccccc2)c1)[P+]1([O-])N(C)[C@H]2CCCC[C@@H]2N1C. The van der Waals surface area contributed by atoms with Crippen molar-refractivity contribution in [2.75, 3.05) is 28.2 Å². The van der Waals surface area contributed by atoms with Gasteiger partial charge in [-0.15, -0.1) is 0 Å². The van der Waals surface area contributed by atoms with Crippen LogP contribution in [0.25, 0.3) is 0 Å². The van der Waals surface area contributed by atoms with E-state index in [1.54, 1.807) is 11.8 Å². The van der Waals surface area contributed by atoms with E-state index in [1.807, 2.05) is 61.5 Å². The molecule has 1 heterocycles.